The van der Waals surface area contributed by atoms with Crippen molar-refractivity contribution < 1.29 is 14.4 Å². The van der Waals surface area contributed by atoms with Crippen molar-refractivity contribution in [3.8, 4) is 0 Å². The highest BCUT2D eigenvalue weighted by molar-refractivity contribution is 5.98. The van der Waals surface area contributed by atoms with E-state index in [1.54, 1.807) is 9.80 Å². The van der Waals surface area contributed by atoms with Crippen LogP contribution in [0.3, 0.4) is 0 Å². The van der Waals surface area contributed by atoms with Crippen LogP contribution in [0, 0.1) is 5.92 Å². The van der Waals surface area contributed by atoms with Gasteiger partial charge in [-0.15, -0.1) is 0 Å². The molecule has 1 fully saturated rings. The molecule has 1 N–H and O–H groups in total. The zero-order valence-electron chi connectivity index (χ0n) is 23.2. The Morgan fingerprint density at radius 3 is 2.19 bits per heavy atom. The summed E-state index contributed by atoms with van der Waals surface area (Å²) in [5, 5.41) is 3.15. The third-order valence-corrected chi connectivity index (χ3v) is 7.78. The van der Waals surface area contributed by atoms with E-state index in [0.29, 0.717) is 37.3 Å². The van der Waals surface area contributed by atoms with Gasteiger partial charge < -0.3 is 15.1 Å². The van der Waals surface area contributed by atoms with Gasteiger partial charge in [0.2, 0.25) is 11.8 Å². The van der Waals surface area contributed by atoms with Crippen molar-refractivity contribution in [3.05, 3.63) is 46.7 Å². The molecular weight excluding hydrogens is 450 g/mol. The number of rotatable bonds is 8. The highest BCUT2D eigenvalue weighted by Crippen LogP contribution is 2.33. The lowest BCUT2D eigenvalue weighted by Gasteiger charge is -2.36. The molecular formula is C30H45N3O3. The summed E-state index contributed by atoms with van der Waals surface area (Å²) in [5.74, 6) is -0.706. The van der Waals surface area contributed by atoms with Gasteiger partial charge in [0.15, 0.2) is 0 Å². The minimum atomic E-state index is -0.527. The second-order valence-corrected chi connectivity index (χ2v) is 11.4. The Bertz CT molecular complexity index is 964. The predicted octanol–water partition coefficient (Wildman–Crippen LogP) is 5.31. The van der Waals surface area contributed by atoms with Crippen LogP contribution in [0.5, 0.6) is 0 Å². The summed E-state index contributed by atoms with van der Waals surface area (Å²) in [7, 11) is 0. The maximum absolute atomic E-state index is 13.7. The zero-order valence-corrected chi connectivity index (χ0v) is 23.2. The molecule has 0 aromatic heterocycles. The Labute approximate surface area is 217 Å². The molecule has 6 nitrogen and oxygen atoms in total. The Balaban J connectivity index is 1.84. The molecule has 1 aromatic rings. The Morgan fingerprint density at radius 1 is 1.03 bits per heavy atom. The number of hydrogen-bond acceptors (Lipinski definition) is 3. The van der Waals surface area contributed by atoms with Crippen LogP contribution in [-0.2, 0) is 26.3 Å². The van der Waals surface area contributed by atoms with Crippen LogP contribution in [-0.4, -0.2) is 46.7 Å². The molecule has 3 rings (SSSR count). The zero-order chi connectivity index (χ0) is 26.5. The summed E-state index contributed by atoms with van der Waals surface area (Å²) < 4.78 is 0. The largest absolute Gasteiger partial charge is 0.353 e. The fraction of sp³-hybridized carbons (Fsp3) is 0.633. The van der Waals surface area contributed by atoms with Gasteiger partial charge in [-0.1, -0.05) is 64.3 Å². The van der Waals surface area contributed by atoms with Crippen LogP contribution in [0.4, 0.5) is 0 Å². The van der Waals surface area contributed by atoms with E-state index in [1.807, 2.05) is 20.8 Å². The first-order chi connectivity index (χ1) is 17.0. The maximum atomic E-state index is 13.7. The molecule has 1 heterocycles. The molecule has 0 saturated heterocycles. The monoisotopic (exact) mass is 495 g/mol. The SMILES string of the molecule is CCN(CC)C(=O)C1=C(C)N(Cc2ccc(C(C)(C)C)cc2)C(=O)C(CC(=O)NC2CCCCC2)C1. The molecule has 1 aliphatic carbocycles. The number of allylic oxidation sites excluding steroid dienone is 1. The van der Waals surface area contributed by atoms with E-state index in [0.717, 1.165) is 31.2 Å². The quantitative estimate of drug-likeness (QED) is 0.531. The van der Waals surface area contributed by atoms with Crippen LogP contribution in [0.25, 0.3) is 0 Å². The first-order valence-corrected chi connectivity index (χ1v) is 13.7. The predicted molar refractivity (Wildman–Crippen MR) is 144 cm³/mol. The number of likely N-dealkylation sites (N-methyl/N-ethyl adjacent to an activating group) is 1. The number of hydrogen-bond donors (Lipinski definition) is 1. The third-order valence-electron chi connectivity index (χ3n) is 7.78. The van der Waals surface area contributed by atoms with Gasteiger partial charge >= 0.3 is 0 Å². The van der Waals surface area contributed by atoms with Crippen molar-refractivity contribution in [3.63, 3.8) is 0 Å². The van der Waals surface area contributed by atoms with Crippen molar-refractivity contribution in [1.82, 2.24) is 15.1 Å². The lowest BCUT2D eigenvalue weighted by Crippen LogP contribution is -2.45. The first-order valence-electron chi connectivity index (χ1n) is 13.7. The van der Waals surface area contributed by atoms with Crippen LogP contribution in [0.15, 0.2) is 35.5 Å². The fourth-order valence-electron chi connectivity index (χ4n) is 5.38. The van der Waals surface area contributed by atoms with Gasteiger partial charge in [0.1, 0.15) is 0 Å². The number of benzene rings is 1. The van der Waals surface area contributed by atoms with E-state index in [9.17, 15) is 14.4 Å². The number of carbonyl (C=O) groups is 3. The fourth-order valence-corrected chi connectivity index (χ4v) is 5.38. The summed E-state index contributed by atoms with van der Waals surface area (Å²) in [6.07, 6.45) is 5.95. The standard InChI is InChI=1S/C30H45N3O3/c1-7-32(8-2)29(36)26-18-23(19-27(34)31-25-12-10-9-11-13-25)28(35)33(21(26)3)20-22-14-16-24(17-15-22)30(4,5)6/h14-17,23,25H,7-13,18-20H2,1-6H3,(H,31,34). The van der Waals surface area contributed by atoms with E-state index >= 15 is 0 Å². The second kappa shape index (κ2) is 12.1. The van der Waals surface area contributed by atoms with E-state index < -0.39 is 5.92 Å². The Kier molecular flexibility index (Phi) is 9.37. The normalized spacial score (nSPS) is 19.4. The Hall–Kier alpha value is -2.63. The summed E-state index contributed by atoms with van der Waals surface area (Å²) in [6, 6.07) is 8.55. The number of nitrogens with one attached hydrogen (secondary N) is 1. The molecule has 1 aliphatic heterocycles. The molecule has 1 saturated carbocycles. The van der Waals surface area contributed by atoms with Gasteiger partial charge in [-0.3, -0.25) is 14.4 Å². The molecule has 36 heavy (non-hydrogen) atoms. The first kappa shape index (κ1) is 27.9. The van der Waals surface area contributed by atoms with Gasteiger partial charge in [-0.05, 0) is 56.6 Å². The van der Waals surface area contributed by atoms with Crippen LogP contribution < -0.4 is 5.32 Å². The molecule has 3 amide bonds. The number of carbonyl (C=O) groups excluding carboxylic acids is 3. The van der Waals surface area contributed by atoms with Gasteiger partial charge in [-0.25, -0.2) is 0 Å². The van der Waals surface area contributed by atoms with Crippen molar-refractivity contribution in [2.75, 3.05) is 13.1 Å². The molecule has 0 bridgehead atoms. The molecule has 1 atom stereocenters. The summed E-state index contributed by atoms with van der Waals surface area (Å²) in [5.41, 5.74) is 3.66. The summed E-state index contributed by atoms with van der Waals surface area (Å²) >= 11 is 0. The molecule has 0 radical (unpaired) electrons. The molecule has 0 spiro atoms. The van der Waals surface area contributed by atoms with E-state index in [2.05, 4.69) is 50.4 Å². The van der Waals surface area contributed by atoms with Crippen molar-refractivity contribution >= 4 is 17.7 Å². The van der Waals surface area contributed by atoms with Gasteiger partial charge in [0, 0.05) is 36.8 Å². The lowest BCUT2D eigenvalue weighted by molar-refractivity contribution is -0.139. The minimum absolute atomic E-state index is 0.0317. The van der Waals surface area contributed by atoms with Crippen LogP contribution in [0.1, 0.15) is 97.6 Å². The van der Waals surface area contributed by atoms with E-state index in [1.165, 1.54) is 12.0 Å². The summed E-state index contributed by atoms with van der Waals surface area (Å²) in [6.45, 7) is 14.0. The van der Waals surface area contributed by atoms with Gasteiger partial charge in [0.05, 0.1) is 12.5 Å². The van der Waals surface area contributed by atoms with Gasteiger partial charge in [0.25, 0.3) is 5.91 Å². The molecule has 2 aliphatic rings. The Morgan fingerprint density at radius 2 is 1.64 bits per heavy atom. The van der Waals surface area contributed by atoms with E-state index in [4.69, 9.17) is 0 Å². The topological polar surface area (TPSA) is 69.7 Å². The highest BCUT2D eigenvalue weighted by atomic mass is 16.2. The molecule has 198 valence electrons. The average molecular weight is 496 g/mol. The summed E-state index contributed by atoms with van der Waals surface area (Å²) in [4.78, 5) is 43.5. The number of amides is 3. The van der Waals surface area contributed by atoms with Gasteiger partial charge in [-0.2, -0.15) is 0 Å². The van der Waals surface area contributed by atoms with Crippen molar-refractivity contribution in [1.29, 1.82) is 0 Å². The minimum Gasteiger partial charge on any atom is -0.353 e. The van der Waals surface area contributed by atoms with Crippen LogP contribution in [0.2, 0.25) is 0 Å². The van der Waals surface area contributed by atoms with Crippen LogP contribution >= 0.6 is 0 Å². The molecule has 6 heteroatoms. The molecule has 1 aromatic carbocycles. The smallest absolute Gasteiger partial charge is 0.251 e. The highest BCUT2D eigenvalue weighted by Gasteiger charge is 2.37. The molecule has 1 unspecified atom stereocenters. The van der Waals surface area contributed by atoms with E-state index in [-0.39, 0.29) is 35.6 Å². The number of nitrogens with zero attached hydrogens (tertiary/aromatic N) is 2. The maximum Gasteiger partial charge on any atom is 0.251 e. The third kappa shape index (κ3) is 6.77. The second-order valence-electron chi connectivity index (χ2n) is 11.4. The lowest BCUT2D eigenvalue weighted by atomic mass is 9.86. The average Bonchev–Trinajstić information content (AvgIpc) is 2.84. The van der Waals surface area contributed by atoms with Crippen molar-refractivity contribution in [2.24, 2.45) is 5.92 Å². The van der Waals surface area contributed by atoms with Crippen molar-refractivity contribution in [2.45, 2.75) is 104 Å².